The maximum Gasteiger partial charge on any atom is 0.416 e. The van der Waals surface area contributed by atoms with Crippen LogP contribution in [-0.2, 0) is 11.0 Å². The number of amides is 1. The lowest BCUT2D eigenvalue weighted by Crippen LogP contribution is -2.21. The maximum absolute atomic E-state index is 13.7. The van der Waals surface area contributed by atoms with Crippen molar-refractivity contribution in [2.45, 2.75) is 6.18 Å². The van der Waals surface area contributed by atoms with Crippen LogP contribution in [0.3, 0.4) is 0 Å². The van der Waals surface area contributed by atoms with Crippen LogP contribution >= 0.6 is 0 Å². The van der Waals surface area contributed by atoms with Gasteiger partial charge in [-0.3, -0.25) is 9.59 Å². The van der Waals surface area contributed by atoms with Gasteiger partial charge in [0, 0.05) is 5.56 Å². The molecule has 4 aromatic carbocycles. The molecule has 41 heavy (non-hydrogen) atoms. The number of nitrogens with zero attached hydrogens (tertiary/aromatic N) is 3. The summed E-state index contributed by atoms with van der Waals surface area (Å²) in [6.07, 6.45) is -3.23. The molecule has 206 valence electrons. The molecule has 0 atom stereocenters. The van der Waals surface area contributed by atoms with Crippen LogP contribution in [0.25, 0.3) is 22.3 Å². The van der Waals surface area contributed by atoms with Crippen LogP contribution in [-0.4, -0.2) is 28.4 Å². The molecule has 0 aliphatic heterocycles. The highest BCUT2D eigenvalue weighted by Crippen LogP contribution is 2.32. The van der Waals surface area contributed by atoms with E-state index in [-0.39, 0.29) is 29.1 Å². The Labute approximate surface area is 230 Å². The molecule has 7 nitrogen and oxygen atoms in total. The summed E-state index contributed by atoms with van der Waals surface area (Å²) in [6.45, 7) is -0.361. The van der Waals surface area contributed by atoms with Crippen molar-refractivity contribution < 1.29 is 27.1 Å². The van der Waals surface area contributed by atoms with Crippen molar-refractivity contribution in [1.29, 1.82) is 0 Å². The summed E-state index contributed by atoms with van der Waals surface area (Å²) in [6, 6.07) is 23.1. The van der Waals surface area contributed by atoms with E-state index in [0.717, 1.165) is 16.8 Å². The average molecular weight is 561 g/mol. The number of fused-ring (bicyclic) bond motifs is 1. The van der Waals surface area contributed by atoms with Gasteiger partial charge in [0.25, 0.3) is 11.5 Å². The Morgan fingerprint density at radius 3 is 2.44 bits per heavy atom. The Balaban J connectivity index is 1.38. The standard InChI is InChI=1S/C30H20F4N4O3/c31-24-9-2-4-11-26(24)36-27(39)18-41-22-14-12-19(13-15-22)17-35-38-28(20-6-5-7-21(16-20)30(32,33)34)37-25-10-3-1-8-23(25)29(38)40/h1-17H,18H2,(H,36,39). The first kappa shape index (κ1) is 27.3. The van der Waals surface area contributed by atoms with Gasteiger partial charge in [-0.25, -0.2) is 9.37 Å². The van der Waals surface area contributed by atoms with E-state index in [1.54, 1.807) is 54.6 Å². The van der Waals surface area contributed by atoms with Crippen molar-refractivity contribution in [3.05, 3.63) is 124 Å². The second-order valence-electron chi connectivity index (χ2n) is 8.78. The lowest BCUT2D eigenvalue weighted by molar-refractivity contribution is -0.137. The second kappa shape index (κ2) is 11.4. The molecule has 0 fully saturated rings. The van der Waals surface area contributed by atoms with Crippen molar-refractivity contribution in [2.75, 3.05) is 11.9 Å². The molecule has 1 heterocycles. The number of hydrogen-bond donors (Lipinski definition) is 1. The third-order valence-electron chi connectivity index (χ3n) is 5.92. The number of ether oxygens (including phenoxy) is 1. The van der Waals surface area contributed by atoms with Gasteiger partial charge >= 0.3 is 6.18 Å². The lowest BCUT2D eigenvalue weighted by atomic mass is 10.1. The summed E-state index contributed by atoms with van der Waals surface area (Å²) in [5.74, 6) is -0.829. The predicted octanol–water partition coefficient (Wildman–Crippen LogP) is 6.12. The fourth-order valence-electron chi connectivity index (χ4n) is 3.92. The Bertz CT molecular complexity index is 1820. The number of aromatic nitrogens is 2. The highest BCUT2D eigenvalue weighted by Gasteiger charge is 2.31. The molecule has 0 unspecified atom stereocenters. The summed E-state index contributed by atoms with van der Waals surface area (Å²) in [5, 5.41) is 6.91. The van der Waals surface area contributed by atoms with Crippen molar-refractivity contribution in [1.82, 2.24) is 9.66 Å². The first-order valence-electron chi connectivity index (χ1n) is 12.2. The number of carbonyl (C=O) groups is 1. The zero-order chi connectivity index (χ0) is 29.0. The number of para-hydroxylation sites is 2. The zero-order valence-electron chi connectivity index (χ0n) is 21.1. The van der Waals surface area contributed by atoms with Crippen molar-refractivity contribution in [3.63, 3.8) is 0 Å². The maximum atomic E-state index is 13.7. The second-order valence-corrected chi connectivity index (χ2v) is 8.78. The van der Waals surface area contributed by atoms with E-state index in [2.05, 4.69) is 15.4 Å². The monoisotopic (exact) mass is 560 g/mol. The number of benzene rings is 4. The summed E-state index contributed by atoms with van der Waals surface area (Å²) >= 11 is 0. The van der Waals surface area contributed by atoms with E-state index < -0.39 is 29.0 Å². The molecule has 5 aromatic rings. The van der Waals surface area contributed by atoms with Crippen LogP contribution in [0.1, 0.15) is 11.1 Å². The average Bonchev–Trinajstić information content (AvgIpc) is 2.97. The van der Waals surface area contributed by atoms with Gasteiger partial charge in [0.2, 0.25) is 0 Å². The molecule has 1 amide bonds. The van der Waals surface area contributed by atoms with Gasteiger partial charge in [-0.05, 0) is 66.2 Å². The normalized spacial score (nSPS) is 11.6. The highest BCUT2D eigenvalue weighted by atomic mass is 19.4. The molecule has 1 aromatic heterocycles. The number of hydrogen-bond acceptors (Lipinski definition) is 5. The Kier molecular flexibility index (Phi) is 7.59. The Morgan fingerprint density at radius 2 is 1.68 bits per heavy atom. The summed E-state index contributed by atoms with van der Waals surface area (Å²) < 4.78 is 60.2. The SMILES string of the molecule is O=C(COc1ccc(C=Nn2c(-c3cccc(C(F)(F)F)c3)nc3ccccc3c2=O)cc1)Nc1ccccc1F. The van der Waals surface area contributed by atoms with Crippen LogP contribution in [0.15, 0.2) is 107 Å². The highest BCUT2D eigenvalue weighted by molar-refractivity contribution is 5.92. The summed E-state index contributed by atoms with van der Waals surface area (Å²) in [4.78, 5) is 29.8. The van der Waals surface area contributed by atoms with Gasteiger partial charge in [0.05, 0.1) is 28.4 Å². The number of rotatable bonds is 7. The summed E-state index contributed by atoms with van der Waals surface area (Å²) in [7, 11) is 0. The smallest absolute Gasteiger partial charge is 0.416 e. The van der Waals surface area contributed by atoms with E-state index >= 15 is 0 Å². The van der Waals surface area contributed by atoms with E-state index in [4.69, 9.17) is 4.74 Å². The van der Waals surface area contributed by atoms with Gasteiger partial charge in [-0.1, -0.05) is 36.4 Å². The third kappa shape index (κ3) is 6.30. The molecule has 0 aliphatic rings. The third-order valence-corrected chi connectivity index (χ3v) is 5.92. The van der Waals surface area contributed by atoms with Crippen LogP contribution in [0.5, 0.6) is 5.75 Å². The number of carbonyl (C=O) groups excluding carboxylic acids is 1. The van der Waals surface area contributed by atoms with Gasteiger partial charge in [0.15, 0.2) is 12.4 Å². The predicted molar refractivity (Wildman–Crippen MR) is 146 cm³/mol. The molecular weight excluding hydrogens is 540 g/mol. The van der Waals surface area contributed by atoms with Gasteiger partial charge < -0.3 is 10.1 Å². The van der Waals surface area contributed by atoms with Gasteiger partial charge in [-0.15, -0.1) is 0 Å². The molecule has 0 saturated carbocycles. The fourth-order valence-corrected chi connectivity index (χ4v) is 3.92. The minimum Gasteiger partial charge on any atom is -0.484 e. The quantitative estimate of drug-likeness (QED) is 0.192. The minimum absolute atomic E-state index is 0.0376. The minimum atomic E-state index is -4.58. The number of alkyl halides is 3. The number of nitrogens with one attached hydrogen (secondary N) is 1. The molecule has 0 radical (unpaired) electrons. The van der Waals surface area contributed by atoms with E-state index in [1.807, 2.05) is 0 Å². The first-order chi connectivity index (χ1) is 19.7. The molecule has 0 spiro atoms. The largest absolute Gasteiger partial charge is 0.484 e. The lowest BCUT2D eigenvalue weighted by Gasteiger charge is -2.12. The van der Waals surface area contributed by atoms with Crippen molar-refractivity contribution in [2.24, 2.45) is 5.10 Å². The zero-order valence-corrected chi connectivity index (χ0v) is 21.1. The first-order valence-corrected chi connectivity index (χ1v) is 12.2. The Hall–Kier alpha value is -5.32. The topological polar surface area (TPSA) is 85.6 Å². The molecule has 0 saturated heterocycles. The van der Waals surface area contributed by atoms with Gasteiger partial charge in [0.1, 0.15) is 11.6 Å². The molecule has 1 N–H and O–H groups in total. The Morgan fingerprint density at radius 1 is 0.951 bits per heavy atom. The fraction of sp³-hybridized carbons (Fsp3) is 0.0667. The van der Waals surface area contributed by atoms with Crippen LogP contribution < -0.4 is 15.6 Å². The van der Waals surface area contributed by atoms with Crippen molar-refractivity contribution in [3.8, 4) is 17.1 Å². The molecule has 0 bridgehead atoms. The van der Waals surface area contributed by atoms with Crippen LogP contribution in [0.2, 0.25) is 0 Å². The van der Waals surface area contributed by atoms with E-state index in [9.17, 15) is 27.2 Å². The number of halogens is 4. The summed E-state index contributed by atoms with van der Waals surface area (Å²) in [5.41, 5.74) is -0.487. The molecule has 11 heteroatoms. The molecule has 5 rings (SSSR count). The van der Waals surface area contributed by atoms with E-state index in [1.165, 1.54) is 36.5 Å². The van der Waals surface area contributed by atoms with Crippen LogP contribution in [0.4, 0.5) is 23.2 Å². The van der Waals surface area contributed by atoms with Crippen LogP contribution in [0, 0.1) is 5.82 Å². The van der Waals surface area contributed by atoms with Gasteiger partial charge in [-0.2, -0.15) is 22.9 Å². The molecular formula is C30H20F4N4O3. The molecule has 0 aliphatic carbocycles. The van der Waals surface area contributed by atoms with E-state index in [0.29, 0.717) is 16.8 Å². The number of anilines is 1. The van der Waals surface area contributed by atoms with Crippen molar-refractivity contribution >= 4 is 28.7 Å².